The second-order valence-corrected chi connectivity index (χ2v) is 2.71. The van der Waals surface area contributed by atoms with Crippen LogP contribution in [0.25, 0.3) is 0 Å². The van der Waals surface area contributed by atoms with Gasteiger partial charge in [0, 0.05) is 0 Å². The highest BCUT2D eigenvalue weighted by atomic mass is 16.4. The number of carbonyl (C=O) groups is 1. The summed E-state index contributed by atoms with van der Waals surface area (Å²) in [6.45, 7) is 1.52. The van der Waals surface area contributed by atoms with Crippen molar-refractivity contribution in [1.82, 2.24) is 0 Å². The van der Waals surface area contributed by atoms with Crippen LogP contribution < -0.4 is 0 Å². The molecular formula is C9H9NO3. The highest BCUT2D eigenvalue weighted by Crippen LogP contribution is 2.26. The second-order valence-electron chi connectivity index (χ2n) is 2.71. The number of hydrogen-bond acceptors (Lipinski definition) is 3. The summed E-state index contributed by atoms with van der Waals surface area (Å²) in [4.78, 5) is 20.9. The van der Waals surface area contributed by atoms with Crippen molar-refractivity contribution in [1.29, 1.82) is 0 Å². The third-order valence-electron chi connectivity index (χ3n) is 1.87. The summed E-state index contributed by atoms with van der Waals surface area (Å²) in [6.07, 6.45) is 0. The van der Waals surface area contributed by atoms with Gasteiger partial charge >= 0.3 is 5.97 Å². The Morgan fingerprint density at radius 3 is 2.62 bits per heavy atom. The van der Waals surface area contributed by atoms with Crippen LogP contribution in [0.2, 0.25) is 0 Å². The molecule has 13 heavy (non-hydrogen) atoms. The Kier molecular flexibility index (Phi) is 2.74. The lowest BCUT2D eigenvalue weighted by Crippen LogP contribution is -2.07. The molecule has 0 heterocycles. The summed E-state index contributed by atoms with van der Waals surface area (Å²) < 4.78 is 0. The van der Waals surface area contributed by atoms with Gasteiger partial charge in [-0.2, -0.15) is 0 Å². The van der Waals surface area contributed by atoms with Gasteiger partial charge in [-0.3, -0.25) is 4.79 Å². The van der Waals surface area contributed by atoms with Crippen LogP contribution in [-0.4, -0.2) is 11.1 Å². The Balaban J connectivity index is 3.12. The molecule has 0 bridgehead atoms. The fraction of sp³-hybridized carbons (Fsp3) is 0.222. The van der Waals surface area contributed by atoms with Gasteiger partial charge < -0.3 is 5.11 Å². The summed E-state index contributed by atoms with van der Waals surface area (Å²) in [5.41, 5.74) is 0.641. The van der Waals surface area contributed by atoms with E-state index in [2.05, 4.69) is 5.18 Å². The maximum atomic E-state index is 10.6. The van der Waals surface area contributed by atoms with Crippen molar-refractivity contribution in [2.24, 2.45) is 5.18 Å². The van der Waals surface area contributed by atoms with Crippen LogP contribution in [-0.2, 0) is 4.79 Å². The number of nitrogens with zero attached hydrogens (tertiary/aromatic N) is 1. The first kappa shape index (κ1) is 9.38. The molecule has 0 spiro atoms. The topological polar surface area (TPSA) is 66.7 Å². The summed E-state index contributed by atoms with van der Waals surface area (Å²) in [7, 11) is 0. The van der Waals surface area contributed by atoms with Gasteiger partial charge in [0.05, 0.1) is 5.92 Å². The number of benzene rings is 1. The lowest BCUT2D eigenvalue weighted by atomic mass is 10.00. The van der Waals surface area contributed by atoms with E-state index >= 15 is 0 Å². The highest BCUT2D eigenvalue weighted by molar-refractivity contribution is 5.77. The summed E-state index contributed by atoms with van der Waals surface area (Å²) in [6, 6.07) is 6.43. The Labute approximate surface area is 75.2 Å². The first-order chi connectivity index (χ1) is 6.16. The standard InChI is InChI=1S/C9H9NO3/c1-6(9(11)12)7-4-2-3-5-8(7)10-13/h2-6H,1H3,(H,11,12). The molecule has 0 aliphatic carbocycles. The maximum absolute atomic E-state index is 10.6. The van der Waals surface area contributed by atoms with Crippen molar-refractivity contribution in [2.75, 3.05) is 0 Å². The molecule has 0 amide bonds. The Hall–Kier alpha value is -1.71. The fourth-order valence-electron chi connectivity index (χ4n) is 1.07. The van der Waals surface area contributed by atoms with Gasteiger partial charge in [0.2, 0.25) is 0 Å². The summed E-state index contributed by atoms with van der Waals surface area (Å²) in [5.74, 6) is -1.66. The van der Waals surface area contributed by atoms with Gasteiger partial charge in [0.25, 0.3) is 0 Å². The zero-order valence-electron chi connectivity index (χ0n) is 7.10. The van der Waals surface area contributed by atoms with E-state index in [0.29, 0.717) is 5.56 Å². The molecule has 1 atom stereocenters. The highest BCUT2D eigenvalue weighted by Gasteiger charge is 2.16. The molecule has 0 aliphatic heterocycles. The van der Waals surface area contributed by atoms with E-state index in [-0.39, 0.29) is 5.69 Å². The van der Waals surface area contributed by atoms with Crippen LogP contribution in [0.3, 0.4) is 0 Å². The molecule has 0 radical (unpaired) electrons. The molecular weight excluding hydrogens is 170 g/mol. The molecule has 1 aromatic carbocycles. The smallest absolute Gasteiger partial charge is 0.310 e. The number of nitroso groups, excluding NO2 is 1. The van der Waals surface area contributed by atoms with E-state index in [0.717, 1.165) is 0 Å². The van der Waals surface area contributed by atoms with Crippen molar-refractivity contribution in [3.05, 3.63) is 34.7 Å². The van der Waals surface area contributed by atoms with Crippen molar-refractivity contribution < 1.29 is 9.90 Å². The molecule has 4 heteroatoms. The van der Waals surface area contributed by atoms with Crippen LogP contribution in [0.15, 0.2) is 29.4 Å². The Morgan fingerprint density at radius 2 is 2.08 bits per heavy atom. The zero-order valence-corrected chi connectivity index (χ0v) is 7.10. The molecule has 1 N–H and O–H groups in total. The zero-order chi connectivity index (χ0) is 9.84. The van der Waals surface area contributed by atoms with Crippen LogP contribution in [0.4, 0.5) is 5.69 Å². The molecule has 0 saturated carbocycles. The number of aliphatic carboxylic acids is 1. The normalized spacial score (nSPS) is 12.1. The lowest BCUT2D eigenvalue weighted by Gasteiger charge is -2.06. The van der Waals surface area contributed by atoms with Crippen LogP contribution in [0.5, 0.6) is 0 Å². The number of carboxylic acids is 1. The molecule has 0 saturated heterocycles. The monoisotopic (exact) mass is 179 g/mol. The van der Waals surface area contributed by atoms with E-state index in [4.69, 9.17) is 5.11 Å². The molecule has 68 valence electrons. The van der Waals surface area contributed by atoms with E-state index in [1.165, 1.54) is 13.0 Å². The first-order valence-corrected chi connectivity index (χ1v) is 3.82. The molecule has 1 rings (SSSR count). The van der Waals surface area contributed by atoms with Crippen LogP contribution in [0.1, 0.15) is 18.4 Å². The van der Waals surface area contributed by atoms with Crippen LogP contribution in [0, 0.1) is 4.91 Å². The molecule has 0 aliphatic rings. The molecule has 1 unspecified atom stereocenters. The van der Waals surface area contributed by atoms with E-state index in [1.54, 1.807) is 18.2 Å². The minimum atomic E-state index is -0.962. The van der Waals surface area contributed by atoms with Gasteiger partial charge in [0.1, 0.15) is 5.69 Å². The summed E-state index contributed by atoms with van der Waals surface area (Å²) >= 11 is 0. The average Bonchev–Trinajstić information content (AvgIpc) is 2.16. The van der Waals surface area contributed by atoms with Crippen LogP contribution >= 0.6 is 0 Å². The van der Waals surface area contributed by atoms with Crippen molar-refractivity contribution in [2.45, 2.75) is 12.8 Å². The largest absolute Gasteiger partial charge is 0.481 e. The van der Waals surface area contributed by atoms with Crippen molar-refractivity contribution >= 4 is 11.7 Å². The van der Waals surface area contributed by atoms with Gasteiger partial charge in [-0.15, -0.1) is 4.91 Å². The number of carboxylic acid groups (broad SMARTS) is 1. The minimum absolute atomic E-state index is 0.192. The molecule has 0 fully saturated rings. The molecule has 0 aromatic heterocycles. The van der Waals surface area contributed by atoms with Crippen molar-refractivity contribution in [3.63, 3.8) is 0 Å². The molecule has 4 nitrogen and oxygen atoms in total. The quantitative estimate of drug-likeness (QED) is 0.723. The number of hydrogen-bond donors (Lipinski definition) is 1. The third-order valence-corrected chi connectivity index (χ3v) is 1.87. The SMILES string of the molecule is CC(C(=O)O)c1ccccc1N=O. The van der Waals surface area contributed by atoms with Gasteiger partial charge in [-0.05, 0) is 23.7 Å². The van der Waals surface area contributed by atoms with Crippen molar-refractivity contribution in [3.8, 4) is 0 Å². The fourth-order valence-corrected chi connectivity index (χ4v) is 1.07. The predicted octanol–water partition coefficient (Wildman–Crippen LogP) is 2.27. The maximum Gasteiger partial charge on any atom is 0.310 e. The van der Waals surface area contributed by atoms with Gasteiger partial charge in [0.15, 0.2) is 0 Å². The van der Waals surface area contributed by atoms with E-state index in [9.17, 15) is 9.70 Å². The van der Waals surface area contributed by atoms with E-state index in [1.807, 2.05) is 0 Å². The van der Waals surface area contributed by atoms with Gasteiger partial charge in [-0.1, -0.05) is 18.2 Å². The summed E-state index contributed by atoms with van der Waals surface area (Å²) in [5, 5.41) is 11.5. The molecule has 1 aromatic rings. The second kappa shape index (κ2) is 3.80. The van der Waals surface area contributed by atoms with E-state index < -0.39 is 11.9 Å². The number of rotatable bonds is 3. The third kappa shape index (κ3) is 1.90. The Bertz CT molecular complexity index is 335. The van der Waals surface area contributed by atoms with Gasteiger partial charge in [-0.25, -0.2) is 0 Å². The first-order valence-electron chi connectivity index (χ1n) is 3.82. The average molecular weight is 179 g/mol. The lowest BCUT2D eigenvalue weighted by molar-refractivity contribution is -0.138. The minimum Gasteiger partial charge on any atom is -0.481 e. The predicted molar refractivity (Wildman–Crippen MR) is 47.9 cm³/mol. The Morgan fingerprint density at radius 1 is 1.46 bits per heavy atom.